The van der Waals surface area contributed by atoms with E-state index in [2.05, 4.69) is 4.85 Å². The van der Waals surface area contributed by atoms with Crippen LogP contribution in [0.1, 0.15) is 5.56 Å². The first kappa shape index (κ1) is 12.5. The molecule has 6 heteroatoms. The number of hydrogen-bond donors (Lipinski definition) is 2. The van der Waals surface area contributed by atoms with Crippen molar-refractivity contribution in [3.63, 3.8) is 0 Å². The Hall–Kier alpha value is -2.49. The van der Waals surface area contributed by atoms with Gasteiger partial charge in [0.15, 0.2) is 0 Å². The van der Waals surface area contributed by atoms with Crippen molar-refractivity contribution >= 4 is 18.3 Å². The number of nitrogens with zero attached hydrogens (tertiary/aromatic N) is 1. The fraction of sp³-hybridized carbons (Fsp3) is 0.0714. The van der Waals surface area contributed by atoms with Crippen molar-refractivity contribution in [1.29, 1.82) is 0 Å². The van der Waals surface area contributed by atoms with Crippen LogP contribution in [0.25, 0.3) is 4.85 Å². The maximum atomic E-state index is 9.61. The summed E-state index contributed by atoms with van der Waals surface area (Å²) in [5.74, 6) is 0.906. The molecule has 0 aromatic heterocycles. The van der Waals surface area contributed by atoms with E-state index in [4.69, 9.17) is 16.0 Å². The molecule has 0 spiro atoms. The molecular weight excluding hydrogens is 257 g/mol. The van der Waals surface area contributed by atoms with Crippen molar-refractivity contribution in [2.45, 2.75) is 6.61 Å². The first-order valence-electron chi connectivity index (χ1n) is 5.98. The van der Waals surface area contributed by atoms with Gasteiger partial charge in [-0.25, -0.2) is 4.85 Å². The van der Waals surface area contributed by atoms with Crippen LogP contribution in [0.2, 0.25) is 0 Å². The summed E-state index contributed by atoms with van der Waals surface area (Å²) in [4.78, 5) is 3.17. The molecule has 0 atom stereocenters. The molecule has 0 saturated carbocycles. The van der Waals surface area contributed by atoms with Gasteiger partial charge in [-0.3, -0.25) is 0 Å². The normalized spacial score (nSPS) is 12.9. The molecule has 2 aromatic rings. The Kier molecular flexibility index (Phi) is 3.07. The van der Waals surface area contributed by atoms with Gasteiger partial charge in [0.05, 0.1) is 13.2 Å². The molecule has 0 radical (unpaired) electrons. The van der Waals surface area contributed by atoms with Gasteiger partial charge in [-0.2, -0.15) is 0 Å². The minimum Gasteiger partial charge on any atom is -0.519 e. The maximum Gasteiger partial charge on any atom is 0.491 e. The molecule has 2 aromatic carbocycles. The van der Waals surface area contributed by atoms with Crippen molar-refractivity contribution < 1.29 is 19.5 Å². The van der Waals surface area contributed by atoms with Gasteiger partial charge in [0.1, 0.15) is 17.2 Å². The van der Waals surface area contributed by atoms with Crippen molar-refractivity contribution in [2.24, 2.45) is 0 Å². The van der Waals surface area contributed by atoms with Gasteiger partial charge in [0, 0.05) is 6.07 Å². The van der Waals surface area contributed by atoms with Crippen LogP contribution in [0.15, 0.2) is 36.4 Å². The second kappa shape index (κ2) is 4.89. The molecule has 1 aliphatic rings. The van der Waals surface area contributed by atoms with Gasteiger partial charge in [-0.05, 0) is 35.3 Å². The lowest BCUT2D eigenvalue weighted by molar-refractivity contribution is 0.275. The average molecular weight is 267 g/mol. The molecule has 98 valence electrons. The van der Waals surface area contributed by atoms with Crippen LogP contribution in [0.5, 0.6) is 17.2 Å². The van der Waals surface area contributed by atoms with Gasteiger partial charge in [0.25, 0.3) is 0 Å². The number of hydrogen-bond acceptors (Lipinski definition) is 4. The highest BCUT2D eigenvalue weighted by Gasteiger charge is 2.27. The van der Waals surface area contributed by atoms with Crippen molar-refractivity contribution in [1.82, 2.24) is 0 Å². The van der Waals surface area contributed by atoms with E-state index >= 15 is 0 Å². The second-order valence-corrected chi connectivity index (χ2v) is 4.39. The lowest BCUT2D eigenvalue weighted by Crippen LogP contribution is -2.27. The third kappa shape index (κ3) is 2.20. The monoisotopic (exact) mass is 267 g/mol. The number of phenols is 1. The Bertz CT molecular complexity index is 711. The van der Waals surface area contributed by atoms with E-state index < -0.39 is 7.12 Å². The lowest BCUT2D eigenvalue weighted by atomic mass is 9.80. The molecule has 0 bridgehead atoms. The minimum absolute atomic E-state index is 0.114. The van der Waals surface area contributed by atoms with Crippen LogP contribution >= 0.6 is 0 Å². The summed E-state index contributed by atoms with van der Waals surface area (Å²) < 4.78 is 10.7. The van der Waals surface area contributed by atoms with Crippen LogP contribution in [0.3, 0.4) is 0 Å². The SMILES string of the molecule is [C-]#[N+]c1ccc(Oc2ccc3c(c2)COB3O)cc1O. The largest absolute Gasteiger partial charge is 0.519 e. The summed E-state index contributed by atoms with van der Waals surface area (Å²) in [6, 6.07) is 9.76. The molecule has 2 N–H and O–H groups in total. The van der Waals surface area contributed by atoms with Gasteiger partial charge in [-0.15, -0.1) is 0 Å². The van der Waals surface area contributed by atoms with E-state index in [9.17, 15) is 10.1 Å². The zero-order valence-corrected chi connectivity index (χ0v) is 10.4. The summed E-state index contributed by atoms with van der Waals surface area (Å²) in [6.07, 6.45) is 0. The molecule has 1 heterocycles. The van der Waals surface area contributed by atoms with E-state index in [1.807, 2.05) is 0 Å². The summed E-state index contributed by atoms with van der Waals surface area (Å²) in [5, 5.41) is 19.1. The third-order valence-corrected chi connectivity index (χ3v) is 3.08. The van der Waals surface area contributed by atoms with Crippen LogP contribution in [-0.4, -0.2) is 17.2 Å². The molecular formula is C14H10BNO4. The smallest absolute Gasteiger partial charge is 0.491 e. The Morgan fingerprint density at radius 2 is 1.95 bits per heavy atom. The van der Waals surface area contributed by atoms with Gasteiger partial charge < -0.3 is 19.5 Å². The molecule has 0 amide bonds. The Morgan fingerprint density at radius 1 is 1.20 bits per heavy atom. The summed E-state index contributed by atoms with van der Waals surface area (Å²) >= 11 is 0. The third-order valence-electron chi connectivity index (χ3n) is 3.08. The number of phenolic OH excluding ortho intramolecular Hbond substituents is 1. The molecule has 5 nitrogen and oxygen atoms in total. The minimum atomic E-state index is -0.874. The van der Waals surface area contributed by atoms with Crippen LogP contribution in [0.4, 0.5) is 5.69 Å². The highest BCUT2D eigenvalue weighted by Crippen LogP contribution is 2.32. The highest BCUT2D eigenvalue weighted by atomic mass is 16.5. The summed E-state index contributed by atoms with van der Waals surface area (Å²) in [5.41, 5.74) is 1.79. The summed E-state index contributed by atoms with van der Waals surface area (Å²) in [6.45, 7) is 7.21. The standard InChI is InChI=1S/C14H10BNO4/c1-16-13-5-3-11(7-14(13)17)20-10-2-4-12-9(6-10)8-19-15(12)18/h2-7,17-18H,8H2. The van der Waals surface area contributed by atoms with Gasteiger partial charge in [0.2, 0.25) is 5.69 Å². The maximum absolute atomic E-state index is 9.61. The van der Waals surface area contributed by atoms with Crippen molar-refractivity contribution in [2.75, 3.05) is 0 Å². The van der Waals surface area contributed by atoms with E-state index in [-0.39, 0.29) is 11.4 Å². The van der Waals surface area contributed by atoms with Gasteiger partial charge >= 0.3 is 7.12 Å². The van der Waals surface area contributed by atoms with Crippen molar-refractivity contribution in [3.8, 4) is 17.2 Å². The topological polar surface area (TPSA) is 63.3 Å². The second-order valence-electron chi connectivity index (χ2n) is 4.39. The van der Waals surface area contributed by atoms with Gasteiger partial charge in [-0.1, -0.05) is 6.07 Å². The van der Waals surface area contributed by atoms with Crippen LogP contribution in [0, 0.1) is 6.57 Å². The Labute approximate surface area is 116 Å². The predicted molar refractivity (Wildman–Crippen MR) is 73.3 cm³/mol. The van der Waals surface area contributed by atoms with Crippen molar-refractivity contribution in [3.05, 3.63) is 53.4 Å². The quantitative estimate of drug-likeness (QED) is 0.644. The van der Waals surface area contributed by atoms with Crippen LogP contribution in [-0.2, 0) is 11.3 Å². The first-order chi connectivity index (χ1) is 9.67. The molecule has 0 fully saturated rings. The Balaban J connectivity index is 1.85. The molecule has 0 saturated heterocycles. The number of rotatable bonds is 2. The van der Waals surface area contributed by atoms with E-state index in [0.29, 0.717) is 18.1 Å². The molecule has 0 unspecified atom stereocenters. The zero-order valence-electron chi connectivity index (χ0n) is 10.4. The number of aromatic hydroxyl groups is 1. The molecule has 0 aliphatic carbocycles. The average Bonchev–Trinajstić information content (AvgIpc) is 2.80. The predicted octanol–water partition coefficient (Wildman–Crippen LogP) is 1.95. The number of ether oxygens (including phenoxy) is 1. The number of benzene rings is 2. The number of fused-ring (bicyclic) bond motifs is 1. The van der Waals surface area contributed by atoms with Crippen LogP contribution < -0.4 is 10.2 Å². The molecule has 20 heavy (non-hydrogen) atoms. The van der Waals surface area contributed by atoms with E-state index in [0.717, 1.165) is 11.0 Å². The van der Waals surface area contributed by atoms with E-state index in [1.165, 1.54) is 12.1 Å². The zero-order chi connectivity index (χ0) is 14.1. The summed E-state index contributed by atoms with van der Waals surface area (Å²) in [7, 11) is -0.874. The van der Waals surface area contributed by atoms with E-state index in [1.54, 1.807) is 24.3 Å². The Morgan fingerprint density at radius 3 is 2.70 bits per heavy atom. The lowest BCUT2D eigenvalue weighted by Gasteiger charge is -2.08. The fourth-order valence-corrected chi connectivity index (χ4v) is 2.07. The molecule has 3 rings (SSSR count). The molecule has 1 aliphatic heterocycles. The highest BCUT2D eigenvalue weighted by molar-refractivity contribution is 6.61. The fourth-order valence-electron chi connectivity index (χ4n) is 2.07. The first-order valence-corrected chi connectivity index (χ1v) is 5.98.